The SMILES string of the molecule is CC(C)C1OCC(CC(C)(C)C2OCCCO2)O1. The van der Waals surface area contributed by atoms with Gasteiger partial charge in [-0.2, -0.15) is 0 Å². The minimum Gasteiger partial charge on any atom is -0.352 e. The summed E-state index contributed by atoms with van der Waals surface area (Å²) in [6, 6.07) is 0. The van der Waals surface area contributed by atoms with E-state index in [1.54, 1.807) is 0 Å². The Morgan fingerprint density at radius 2 is 1.78 bits per heavy atom. The van der Waals surface area contributed by atoms with E-state index in [9.17, 15) is 0 Å². The van der Waals surface area contributed by atoms with Gasteiger partial charge in [-0.15, -0.1) is 0 Å². The number of hydrogen-bond donors (Lipinski definition) is 0. The van der Waals surface area contributed by atoms with E-state index in [0.717, 1.165) is 26.1 Å². The van der Waals surface area contributed by atoms with Crippen LogP contribution in [0.4, 0.5) is 0 Å². The van der Waals surface area contributed by atoms with Crippen molar-refractivity contribution in [2.45, 2.75) is 59.2 Å². The zero-order valence-corrected chi connectivity index (χ0v) is 12.0. The minimum absolute atomic E-state index is 0.0414. The molecule has 0 spiro atoms. The van der Waals surface area contributed by atoms with Gasteiger partial charge in [0.15, 0.2) is 12.6 Å². The van der Waals surface area contributed by atoms with Crippen molar-refractivity contribution in [2.24, 2.45) is 11.3 Å². The van der Waals surface area contributed by atoms with Crippen molar-refractivity contribution < 1.29 is 18.9 Å². The van der Waals surface area contributed by atoms with Crippen LogP contribution in [-0.2, 0) is 18.9 Å². The molecule has 0 aromatic rings. The second kappa shape index (κ2) is 5.87. The summed E-state index contributed by atoms with van der Waals surface area (Å²) in [6.45, 7) is 10.9. The Morgan fingerprint density at radius 1 is 1.11 bits per heavy atom. The fourth-order valence-electron chi connectivity index (χ4n) is 2.55. The minimum atomic E-state index is -0.118. The molecule has 2 heterocycles. The highest BCUT2D eigenvalue weighted by Crippen LogP contribution is 2.35. The second-order valence-corrected chi connectivity index (χ2v) is 6.32. The normalized spacial score (nSPS) is 31.2. The summed E-state index contributed by atoms with van der Waals surface area (Å²) in [5.41, 5.74) is -0.0414. The van der Waals surface area contributed by atoms with E-state index in [0.29, 0.717) is 12.5 Å². The Hall–Kier alpha value is -0.160. The van der Waals surface area contributed by atoms with Crippen molar-refractivity contribution >= 4 is 0 Å². The van der Waals surface area contributed by atoms with Crippen molar-refractivity contribution in [2.75, 3.05) is 19.8 Å². The molecule has 2 atom stereocenters. The molecule has 2 fully saturated rings. The third-order valence-corrected chi connectivity index (χ3v) is 3.54. The highest BCUT2D eigenvalue weighted by Gasteiger charge is 2.38. The molecule has 0 amide bonds. The van der Waals surface area contributed by atoms with Crippen LogP contribution in [-0.4, -0.2) is 38.5 Å². The number of hydrogen-bond acceptors (Lipinski definition) is 4. The fraction of sp³-hybridized carbons (Fsp3) is 1.00. The van der Waals surface area contributed by atoms with Gasteiger partial charge < -0.3 is 18.9 Å². The van der Waals surface area contributed by atoms with Crippen LogP contribution < -0.4 is 0 Å². The Morgan fingerprint density at radius 3 is 2.33 bits per heavy atom. The smallest absolute Gasteiger partial charge is 0.162 e. The summed E-state index contributed by atoms with van der Waals surface area (Å²) in [5, 5.41) is 0. The molecule has 0 aromatic carbocycles. The monoisotopic (exact) mass is 258 g/mol. The van der Waals surface area contributed by atoms with E-state index in [1.165, 1.54) is 0 Å². The van der Waals surface area contributed by atoms with Crippen LogP contribution in [0.25, 0.3) is 0 Å². The lowest BCUT2D eigenvalue weighted by molar-refractivity contribution is -0.234. The average molecular weight is 258 g/mol. The van der Waals surface area contributed by atoms with Crippen LogP contribution >= 0.6 is 0 Å². The van der Waals surface area contributed by atoms with Gasteiger partial charge in [0.25, 0.3) is 0 Å². The highest BCUT2D eigenvalue weighted by molar-refractivity contribution is 4.81. The van der Waals surface area contributed by atoms with E-state index < -0.39 is 0 Å². The maximum Gasteiger partial charge on any atom is 0.162 e. The molecule has 0 N–H and O–H groups in total. The largest absolute Gasteiger partial charge is 0.352 e. The lowest BCUT2D eigenvalue weighted by atomic mass is 9.85. The van der Waals surface area contributed by atoms with Gasteiger partial charge in [-0.05, 0) is 12.8 Å². The van der Waals surface area contributed by atoms with E-state index >= 15 is 0 Å². The first-order valence-corrected chi connectivity index (χ1v) is 6.99. The molecule has 4 heteroatoms. The van der Waals surface area contributed by atoms with Gasteiger partial charge >= 0.3 is 0 Å². The molecule has 0 radical (unpaired) electrons. The highest BCUT2D eigenvalue weighted by atomic mass is 16.7. The topological polar surface area (TPSA) is 36.9 Å². The van der Waals surface area contributed by atoms with Crippen LogP contribution in [0, 0.1) is 11.3 Å². The summed E-state index contributed by atoms with van der Waals surface area (Å²) in [5.74, 6) is 0.403. The van der Waals surface area contributed by atoms with Gasteiger partial charge in [0.2, 0.25) is 0 Å². The van der Waals surface area contributed by atoms with Gasteiger partial charge in [0, 0.05) is 11.3 Å². The standard InChI is InChI=1S/C14H26O4/c1-10(2)12-17-9-11(18-12)8-14(3,4)13-15-6-5-7-16-13/h10-13H,5-9H2,1-4H3. The molecular weight excluding hydrogens is 232 g/mol. The van der Waals surface area contributed by atoms with Gasteiger partial charge in [-0.3, -0.25) is 0 Å². The Kier molecular flexibility index (Phi) is 4.64. The first-order chi connectivity index (χ1) is 8.49. The van der Waals surface area contributed by atoms with Gasteiger partial charge in [-0.25, -0.2) is 0 Å². The molecule has 2 unspecified atom stereocenters. The first-order valence-electron chi connectivity index (χ1n) is 6.99. The molecule has 2 rings (SSSR count). The van der Waals surface area contributed by atoms with Crippen molar-refractivity contribution in [3.63, 3.8) is 0 Å². The van der Waals surface area contributed by atoms with Crippen LogP contribution in [0.3, 0.4) is 0 Å². The van der Waals surface area contributed by atoms with E-state index in [2.05, 4.69) is 27.7 Å². The molecule has 2 aliphatic heterocycles. The zero-order valence-electron chi connectivity index (χ0n) is 12.0. The lowest BCUT2D eigenvalue weighted by Gasteiger charge is -2.37. The second-order valence-electron chi connectivity index (χ2n) is 6.32. The van der Waals surface area contributed by atoms with Crippen molar-refractivity contribution in [3.05, 3.63) is 0 Å². The van der Waals surface area contributed by atoms with Crippen LogP contribution in [0.1, 0.15) is 40.5 Å². The van der Waals surface area contributed by atoms with Gasteiger partial charge in [-0.1, -0.05) is 27.7 Å². The summed E-state index contributed by atoms with van der Waals surface area (Å²) in [6.07, 6.45) is 1.87. The first kappa shape index (κ1) is 14.3. The molecule has 0 aromatic heterocycles. The van der Waals surface area contributed by atoms with E-state index in [4.69, 9.17) is 18.9 Å². The lowest BCUT2D eigenvalue weighted by Crippen LogP contribution is -2.40. The van der Waals surface area contributed by atoms with Gasteiger partial charge in [0.1, 0.15) is 0 Å². The molecule has 18 heavy (non-hydrogen) atoms. The van der Waals surface area contributed by atoms with Crippen LogP contribution in [0.2, 0.25) is 0 Å². The zero-order chi connectivity index (χ0) is 13.2. The molecule has 0 bridgehead atoms. The van der Waals surface area contributed by atoms with Crippen LogP contribution in [0.15, 0.2) is 0 Å². The predicted molar refractivity (Wildman–Crippen MR) is 68.2 cm³/mol. The summed E-state index contributed by atoms with van der Waals surface area (Å²) < 4.78 is 23.0. The quantitative estimate of drug-likeness (QED) is 0.776. The fourth-order valence-corrected chi connectivity index (χ4v) is 2.55. The Bertz CT molecular complexity index is 259. The molecule has 0 aliphatic carbocycles. The maximum atomic E-state index is 5.92. The third-order valence-electron chi connectivity index (χ3n) is 3.54. The third kappa shape index (κ3) is 3.44. The summed E-state index contributed by atoms with van der Waals surface area (Å²) in [4.78, 5) is 0. The molecule has 2 saturated heterocycles. The predicted octanol–water partition coefficient (Wildman–Crippen LogP) is 2.56. The van der Waals surface area contributed by atoms with Gasteiger partial charge in [0.05, 0.1) is 25.9 Å². The number of ether oxygens (including phenoxy) is 4. The average Bonchev–Trinajstić information content (AvgIpc) is 2.78. The van der Waals surface area contributed by atoms with Crippen molar-refractivity contribution in [1.82, 2.24) is 0 Å². The summed E-state index contributed by atoms with van der Waals surface area (Å²) >= 11 is 0. The molecule has 4 nitrogen and oxygen atoms in total. The Labute approximate surface area is 110 Å². The van der Waals surface area contributed by atoms with Crippen molar-refractivity contribution in [1.29, 1.82) is 0 Å². The van der Waals surface area contributed by atoms with Crippen LogP contribution in [0.5, 0.6) is 0 Å². The summed E-state index contributed by atoms with van der Waals surface area (Å²) in [7, 11) is 0. The van der Waals surface area contributed by atoms with E-state index in [1.807, 2.05) is 0 Å². The Balaban J connectivity index is 1.84. The molecule has 0 saturated carbocycles. The molecule has 106 valence electrons. The van der Waals surface area contributed by atoms with E-state index in [-0.39, 0.29) is 24.1 Å². The van der Waals surface area contributed by atoms with Crippen molar-refractivity contribution in [3.8, 4) is 0 Å². The molecular formula is C14H26O4. The molecule has 2 aliphatic rings. The number of rotatable bonds is 4. The maximum absolute atomic E-state index is 5.92.